The zero-order valence-corrected chi connectivity index (χ0v) is 19.0. The first-order chi connectivity index (χ1) is 16.9. The summed E-state index contributed by atoms with van der Waals surface area (Å²) in [5, 5.41) is 16.4. The van der Waals surface area contributed by atoms with Crippen LogP contribution in [-0.4, -0.2) is 62.8 Å². The van der Waals surface area contributed by atoms with Crippen LogP contribution < -0.4 is 15.6 Å². The molecule has 0 saturated carbocycles. The number of aliphatic carboxylic acids is 1. The Morgan fingerprint density at radius 3 is 2.97 bits per heavy atom. The zero-order chi connectivity index (χ0) is 24.7. The van der Waals surface area contributed by atoms with Gasteiger partial charge in [-0.25, -0.2) is 4.79 Å². The third kappa shape index (κ3) is 3.86. The second-order valence-electron chi connectivity index (χ2n) is 7.63. The lowest BCUT2D eigenvalue weighted by Crippen LogP contribution is -2.71. The van der Waals surface area contributed by atoms with Gasteiger partial charge in [0.15, 0.2) is 18.5 Å². The molecule has 4 N–H and O–H groups in total. The first kappa shape index (κ1) is 22.5. The molecule has 35 heavy (non-hydrogen) atoms. The highest BCUT2D eigenvalue weighted by Gasteiger charge is 2.55. The van der Waals surface area contributed by atoms with Crippen molar-refractivity contribution in [2.24, 2.45) is 5.16 Å². The van der Waals surface area contributed by atoms with Gasteiger partial charge in [-0.05, 0) is 12.1 Å². The number of pyridine rings is 1. The molecule has 2 aliphatic rings. The lowest BCUT2D eigenvalue weighted by atomic mass is 10.0. The first-order valence-electron chi connectivity index (χ1n) is 10.3. The summed E-state index contributed by atoms with van der Waals surface area (Å²) < 4.78 is 12.2. The van der Waals surface area contributed by atoms with Crippen LogP contribution in [0.3, 0.4) is 0 Å². The van der Waals surface area contributed by atoms with Crippen LogP contribution in [0.1, 0.15) is 5.69 Å². The SMILES string of the molecule is CO/N=C(/C(=O)NC1C(=O)N2C(C(=O)O)=C(C[n+]3cccc4ccoc43)CSC12)c1coc(N)n1. The number of oxime groups is 1. The molecule has 2 atom stereocenters. The number of nitrogens with one attached hydrogen (secondary N) is 1. The summed E-state index contributed by atoms with van der Waals surface area (Å²) in [6, 6.07) is 4.39. The van der Waals surface area contributed by atoms with Crippen LogP contribution in [0.15, 0.2) is 62.2 Å². The van der Waals surface area contributed by atoms with E-state index in [1.165, 1.54) is 23.8 Å². The van der Waals surface area contributed by atoms with Gasteiger partial charge in [0, 0.05) is 17.4 Å². The van der Waals surface area contributed by atoms with Crippen molar-refractivity contribution in [1.29, 1.82) is 0 Å². The fraction of sp³-hybridized carbons (Fsp3) is 0.238. The summed E-state index contributed by atoms with van der Waals surface area (Å²) in [7, 11) is 1.25. The molecule has 13 nitrogen and oxygen atoms in total. The predicted octanol–water partition coefficient (Wildman–Crippen LogP) is 0.0798. The highest BCUT2D eigenvalue weighted by molar-refractivity contribution is 8.00. The number of hydrogen-bond acceptors (Lipinski definition) is 10. The highest BCUT2D eigenvalue weighted by Crippen LogP contribution is 2.40. The van der Waals surface area contributed by atoms with Crippen LogP contribution in [0.5, 0.6) is 0 Å². The number of aromatic nitrogens is 2. The third-order valence-corrected chi connectivity index (χ3v) is 6.88. The van der Waals surface area contributed by atoms with Crippen LogP contribution in [0.4, 0.5) is 6.01 Å². The van der Waals surface area contributed by atoms with E-state index in [0.29, 0.717) is 17.0 Å². The molecule has 0 spiro atoms. The fourth-order valence-electron chi connectivity index (χ4n) is 4.03. The van der Waals surface area contributed by atoms with E-state index in [9.17, 15) is 19.5 Å². The van der Waals surface area contributed by atoms with Gasteiger partial charge in [0.25, 0.3) is 17.8 Å². The Kier molecular flexibility index (Phi) is 5.64. The molecule has 5 rings (SSSR count). The summed E-state index contributed by atoms with van der Waals surface area (Å²) in [6.07, 6.45) is 4.47. The number of nitrogens with two attached hydrogens (primary N) is 1. The van der Waals surface area contributed by atoms with Crippen LogP contribution >= 0.6 is 11.8 Å². The number of anilines is 1. The van der Waals surface area contributed by atoms with Crippen molar-refractivity contribution in [3.05, 3.63) is 53.9 Å². The van der Waals surface area contributed by atoms with E-state index in [4.69, 9.17) is 19.4 Å². The summed E-state index contributed by atoms with van der Waals surface area (Å²) in [5.74, 6) is -2.19. The molecule has 0 radical (unpaired) electrons. The smallest absolute Gasteiger partial charge is 0.380 e. The summed E-state index contributed by atoms with van der Waals surface area (Å²) in [4.78, 5) is 47.7. The molecule has 2 unspecified atom stereocenters. The number of carboxylic acid groups (broad SMARTS) is 1. The van der Waals surface area contributed by atoms with Gasteiger partial charge >= 0.3 is 11.7 Å². The highest BCUT2D eigenvalue weighted by atomic mass is 32.2. The molecule has 14 heteroatoms. The van der Waals surface area contributed by atoms with Crippen LogP contribution in [-0.2, 0) is 25.8 Å². The second-order valence-corrected chi connectivity index (χ2v) is 8.73. The Labute approximate surface area is 201 Å². The number of carboxylic acids is 1. The predicted molar refractivity (Wildman–Crippen MR) is 121 cm³/mol. The van der Waals surface area contributed by atoms with Gasteiger partial charge in [0.05, 0.1) is 11.6 Å². The molecule has 3 aromatic heterocycles. The van der Waals surface area contributed by atoms with Crippen molar-refractivity contribution in [1.82, 2.24) is 15.2 Å². The van der Waals surface area contributed by atoms with Crippen molar-refractivity contribution in [2.75, 3.05) is 18.6 Å². The number of carbonyl (C=O) groups excluding carboxylic acids is 2. The number of hydrogen-bond donors (Lipinski definition) is 3. The Morgan fingerprint density at radius 2 is 2.26 bits per heavy atom. The van der Waals surface area contributed by atoms with E-state index >= 15 is 0 Å². The molecular formula is C21H19N6O7S+. The Bertz CT molecular complexity index is 1410. The van der Waals surface area contributed by atoms with E-state index in [2.05, 4.69) is 15.5 Å². The van der Waals surface area contributed by atoms with Gasteiger partial charge in [-0.1, -0.05) is 5.16 Å². The van der Waals surface area contributed by atoms with Crippen LogP contribution in [0.2, 0.25) is 0 Å². The average molecular weight is 499 g/mol. The third-order valence-electron chi connectivity index (χ3n) is 5.54. The van der Waals surface area contributed by atoms with E-state index < -0.39 is 29.2 Å². The Balaban J connectivity index is 1.38. The van der Waals surface area contributed by atoms with Crippen LogP contribution in [0, 0.1) is 0 Å². The zero-order valence-electron chi connectivity index (χ0n) is 18.2. The maximum Gasteiger partial charge on any atom is 0.380 e. The van der Waals surface area contributed by atoms with Gasteiger partial charge in [-0.15, -0.1) is 11.8 Å². The fourth-order valence-corrected chi connectivity index (χ4v) is 5.36. The number of furan rings is 1. The minimum absolute atomic E-state index is 0.0271. The molecule has 3 aromatic rings. The molecular weight excluding hydrogens is 480 g/mol. The van der Waals surface area contributed by atoms with Crippen molar-refractivity contribution >= 4 is 52.4 Å². The van der Waals surface area contributed by atoms with Gasteiger partial charge in [-0.2, -0.15) is 9.55 Å². The number of amides is 2. The topological polar surface area (TPSA) is 177 Å². The molecule has 2 amide bonds. The molecule has 0 aromatic carbocycles. The summed E-state index contributed by atoms with van der Waals surface area (Å²) in [6.45, 7) is 0.227. The molecule has 2 aliphatic heterocycles. The number of β-lactam (4-membered cyclic amide) rings is 1. The van der Waals surface area contributed by atoms with Gasteiger partial charge < -0.3 is 29.8 Å². The molecule has 1 fully saturated rings. The number of fused-ring (bicyclic) bond motifs is 2. The lowest BCUT2D eigenvalue weighted by molar-refractivity contribution is -0.669. The number of carbonyl (C=O) groups is 3. The molecule has 0 bridgehead atoms. The monoisotopic (exact) mass is 499 g/mol. The van der Waals surface area contributed by atoms with Crippen LogP contribution in [0.25, 0.3) is 11.1 Å². The van der Waals surface area contributed by atoms with Crippen molar-refractivity contribution < 1.29 is 37.7 Å². The molecule has 1 saturated heterocycles. The number of nitrogen functional groups attached to an aromatic ring is 1. The summed E-state index contributed by atoms with van der Waals surface area (Å²) >= 11 is 1.35. The average Bonchev–Trinajstić information content (AvgIpc) is 3.49. The van der Waals surface area contributed by atoms with Gasteiger partial charge in [-0.3, -0.25) is 14.5 Å². The van der Waals surface area contributed by atoms with E-state index in [1.54, 1.807) is 17.0 Å². The number of thioether (sulfide) groups is 1. The molecule has 5 heterocycles. The van der Waals surface area contributed by atoms with Gasteiger partial charge in [0.1, 0.15) is 36.2 Å². The molecule has 0 aliphatic carbocycles. The van der Waals surface area contributed by atoms with Crippen molar-refractivity contribution in [3.8, 4) is 0 Å². The normalized spacial score (nSPS) is 20.0. The number of oxazole rings is 1. The largest absolute Gasteiger partial charge is 0.477 e. The summed E-state index contributed by atoms with van der Waals surface area (Å²) in [5.41, 5.74) is 6.29. The molecule has 180 valence electrons. The first-order valence-corrected chi connectivity index (χ1v) is 11.3. The Morgan fingerprint density at radius 1 is 1.43 bits per heavy atom. The quantitative estimate of drug-likeness (QED) is 0.175. The standard InChI is InChI=1S/C21H18N6O7S/c1-32-25-13(12-8-34-21(22)23-12)16(28)24-14-17(29)27-15(20(30)31)11(9-35-19(14)27)7-26-5-2-3-10-4-6-33-18(10)26/h2-6,8,14,19H,7,9H2,1H3,(H3-,22,23,24,28,30,31)/p+1/b25-13+. The number of nitrogens with zero attached hydrogens (tertiary/aromatic N) is 4. The minimum Gasteiger partial charge on any atom is -0.477 e. The Hall–Kier alpha value is -4.33. The maximum atomic E-state index is 13.0. The maximum absolute atomic E-state index is 13.0. The number of rotatable bonds is 7. The minimum atomic E-state index is -1.23. The lowest BCUT2D eigenvalue weighted by Gasteiger charge is -2.49. The van der Waals surface area contributed by atoms with E-state index in [-0.39, 0.29) is 29.7 Å². The van der Waals surface area contributed by atoms with E-state index in [1.807, 2.05) is 18.2 Å². The van der Waals surface area contributed by atoms with Gasteiger partial charge in [0.2, 0.25) is 0 Å². The van der Waals surface area contributed by atoms with Crippen molar-refractivity contribution in [3.63, 3.8) is 0 Å². The van der Waals surface area contributed by atoms with Crippen molar-refractivity contribution in [2.45, 2.75) is 18.0 Å². The van der Waals surface area contributed by atoms with E-state index in [0.717, 1.165) is 11.6 Å². The second kappa shape index (κ2) is 8.79.